The van der Waals surface area contributed by atoms with Crippen LogP contribution in [0, 0.1) is 5.82 Å². The van der Waals surface area contributed by atoms with Gasteiger partial charge in [-0.25, -0.2) is 18.9 Å². The molecule has 0 radical (unpaired) electrons. The Morgan fingerprint density at radius 2 is 1.71 bits per heavy atom. The number of ether oxygens (including phenoxy) is 3. The molecule has 4 amide bonds. The van der Waals surface area contributed by atoms with Gasteiger partial charge in [-0.1, -0.05) is 24.3 Å². The molecule has 0 saturated carbocycles. The number of hydrogen-bond donors (Lipinski definition) is 1. The van der Waals surface area contributed by atoms with E-state index in [0.717, 1.165) is 10.6 Å². The van der Waals surface area contributed by atoms with E-state index in [1.165, 1.54) is 26.4 Å². The number of urea groups is 2. The fourth-order valence-electron chi connectivity index (χ4n) is 4.24. The number of carbonyl (C=O) groups is 2. The van der Waals surface area contributed by atoms with E-state index in [2.05, 4.69) is 10.3 Å². The van der Waals surface area contributed by atoms with Crippen molar-refractivity contribution in [1.29, 1.82) is 0 Å². The minimum Gasteiger partial charge on any atom is -0.493 e. The number of nitrogens with one attached hydrogen (secondary N) is 1. The van der Waals surface area contributed by atoms with Gasteiger partial charge in [-0.3, -0.25) is 9.88 Å². The van der Waals surface area contributed by atoms with Gasteiger partial charge in [-0.2, -0.15) is 0 Å². The van der Waals surface area contributed by atoms with Gasteiger partial charge in [0.25, 0.3) is 0 Å². The zero-order valence-electron chi connectivity index (χ0n) is 20.8. The molecule has 0 aliphatic carbocycles. The number of pyridine rings is 1. The first-order chi connectivity index (χ1) is 18.5. The lowest BCUT2D eigenvalue weighted by Gasteiger charge is -2.18. The number of halogens is 1. The number of anilines is 1. The number of benzene rings is 3. The summed E-state index contributed by atoms with van der Waals surface area (Å²) in [7, 11) is 3.06. The van der Waals surface area contributed by atoms with Gasteiger partial charge in [-0.05, 0) is 42.0 Å². The predicted octanol–water partition coefficient (Wildman–Crippen LogP) is 5.34. The van der Waals surface area contributed by atoms with Gasteiger partial charge in [0.15, 0.2) is 23.1 Å². The second-order valence-corrected chi connectivity index (χ2v) is 8.48. The predicted molar refractivity (Wildman–Crippen MR) is 139 cm³/mol. The van der Waals surface area contributed by atoms with Crippen molar-refractivity contribution >= 4 is 28.7 Å². The molecule has 2 heterocycles. The van der Waals surface area contributed by atoms with Crippen LogP contribution < -0.4 is 24.4 Å². The third-order valence-corrected chi connectivity index (χ3v) is 6.19. The zero-order chi connectivity index (χ0) is 26.6. The van der Waals surface area contributed by atoms with Crippen LogP contribution >= 0.6 is 0 Å². The molecule has 3 aromatic carbocycles. The normalized spacial score (nSPS) is 13.1. The van der Waals surface area contributed by atoms with Crippen molar-refractivity contribution in [2.45, 2.75) is 6.54 Å². The third kappa shape index (κ3) is 4.88. The average molecular weight is 517 g/mol. The van der Waals surface area contributed by atoms with Crippen LogP contribution in [-0.4, -0.2) is 49.3 Å². The van der Waals surface area contributed by atoms with E-state index >= 15 is 0 Å². The van der Waals surface area contributed by atoms with Crippen LogP contribution in [0.2, 0.25) is 0 Å². The van der Waals surface area contributed by atoms with Crippen molar-refractivity contribution in [2.75, 3.05) is 32.2 Å². The molecule has 1 aliphatic rings. The second-order valence-electron chi connectivity index (χ2n) is 8.48. The number of carbonyl (C=O) groups excluding carboxylic acids is 2. The molecule has 0 atom stereocenters. The largest absolute Gasteiger partial charge is 0.493 e. The fraction of sp³-hybridized carbons (Fsp3) is 0.179. The SMILES string of the molecule is COc1cc2nccc(Oc3ccc(CNC(=O)N4CCN(c5ccccc5)C4=O)cc3F)c2cc1OC. The van der Waals surface area contributed by atoms with Gasteiger partial charge in [0, 0.05) is 36.4 Å². The summed E-state index contributed by atoms with van der Waals surface area (Å²) in [6.45, 7) is 0.705. The number of nitrogens with zero attached hydrogens (tertiary/aromatic N) is 3. The molecule has 1 saturated heterocycles. The number of methoxy groups -OCH3 is 2. The summed E-state index contributed by atoms with van der Waals surface area (Å²) >= 11 is 0. The number of amides is 4. The van der Waals surface area contributed by atoms with E-state index in [1.807, 2.05) is 30.3 Å². The van der Waals surface area contributed by atoms with Gasteiger partial charge in [0.05, 0.1) is 26.3 Å². The van der Waals surface area contributed by atoms with Crippen molar-refractivity contribution in [2.24, 2.45) is 0 Å². The molecule has 1 N–H and O–H groups in total. The quantitative estimate of drug-likeness (QED) is 0.357. The van der Waals surface area contributed by atoms with E-state index in [1.54, 1.807) is 35.4 Å². The Balaban J connectivity index is 1.25. The summed E-state index contributed by atoms with van der Waals surface area (Å²) in [5.74, 6) is 0.815. The lowest BCUT2D eigenvalue weighted by atomic mass is 10.1. The van der Waals surface area contributed by atoms with Crippen LogP contribution in [0.15, 0.2) is 72.9 Å². The minimum absolute atomic E-state index is 0.00980. The maximum atomic E-state index is 15.0. The third-order valence-electron chi connectivity index (χ3n) is 6.19. The molecule has 9 nitrogen and oxygen atoms in total. The molecule has 1 fully saturated rings. The zero-order valence-corrected chi connectivity index (χ0v) is 20.8. The molecule has 1 aliphatic heterocycles. The molecule has 38 heavy (non-hydrogen) atoms. The summed E-state index contributed by atoms with van der Waals surface area (Å²) < 4.78 is 31.5. The topological polar surface area (TPSA) is 93.2 Å². The maximum Gasteiger partial charge on any atom is 0.332 e. The van der Waals surface area contributed by atoms with Crippen molar-refractivity contribution in [3.8, 4) is 23.0 Å². The fourth-order valence-corrected chi connectivity index (χ4v) is 4.24. The summed E-state index contributed by atoms with van der Waals surface area (Å²) in [6.07, 6.45) is 1.56. The Hall–Kier alpha value is -4.86. The van der Waals surface area contributed by atoms with Gasteiger partial charge in [-0.15, -0.1) is 0 Å². The van der Waals surface area contributed by atoms with Crippen LogP contribution in [0.4, 0.5) is 19.7 Å². The van der Waals surface area contributed by atoms with Crippen LogP contribution in [0.1, 0.15) is 5.56 Å². The molecule has 5 rings (SSSR count). The Kier molecular flexibility index (Phi) is 6.94. The summed E-state index contributed by atoms with van der Waals surface area (Å²) in [4.78, 5) is 32.3. The maximum absolute atomic E-state index is 15.0. The van der Waals surface area contributed by atoms with Crippen LogP contribution in [0.5, 0.6) is 23.0 Å². The van der Waals surface area contributed by atoms with Gasteiger partial charge in [0.2, 0.25) is 0 Å². The van der Waals surface area contributed by atoms with Crippen LogP contribution in [-0.2, 0) is 6.54 Å². The van der Waals surface area contributed by atoms with Gasteiger partial charge < -0.3 is 19.5 Å². The lowest BCUT2D eigenvalue weighted by molar-refractivity contribution is 0.200. The first-order valence-electron chi connectivity index (χ1n) is 11.9. The number of hydrogen-bond acceptors (Lipinski definition) is 6. The number of imide groups is 1. The Morgan fingerprint density at radius 3 is 2.45 bits per heavy atom. The van der Waals surface area contributed by atoms with E-state index in [9.17, 15) is 14.0 Å². The number of fused-ring (bicyclic) bond motifs is 1. The second kappa shape index (κ2) is 10.6. The van der Waals surface area contributed by atoms with Gasteiger partial charge in [0.1, 0.15) is 5.75 Å². The molecule has 0 unspecified atom stereocenters. The molecule has 0 bridgehead atoms. The molecule has 0 spiro atoms. The summed E-state index contributed by atoms with van der Waals surface area (Å²) in [5, 5.41) is 3.31. The Bertz CT molecular complexity index is 1500. The highest BCUT2D eigenvalue weighted by Gasteiger charge is 2.33. The molecule has 194 valence electrons. The van der Waals surface area contributed by atoms with Crippen molar-refractivity contribution < 1.29 is 28.2 Å². The number of aromatic nitrogens is 1. The summed E-state index contributed by atoms with van der Waals surface area (Å²) in [6, 6.07) is 17.7. The van der Waals surface area contributed by atoms with E-state index in [-0.39, 0.29) is 18.8 Å². The molecule has 10 heteroatoms. The highest BCUT2D eigenvalue weighted by atomic mass is 19.1. The van der Waals surface area contributed by atoms with Crippen LogP contribution in [0.3, 0.4) is 0 Å². The molecular formula is C28H25FN4O5. The Labute approximate surface area is 218 Å². The number of para-hydroxylation sites is 1. The smallest absolute Gasteiger partial charge is 0.332 e. The summed E-state index contributed by atoms with van der Waals surface area (Å²) in [5.41, 5.74) is 1.84. The first-order valence-corrected chi connectivity index (χ1v) is 11.9. The highest BCUT2D eigenvalue weighted by Crippen LogP contribution is 2.37. The average Bonchev–Trinajstić information content (AvgIpc) is 3.34. The van der Waals surface area contributed by atoms with E-state index < -0.39 is 17.9 Å². The molecule has 1 aromatic heterocycles. The van der Waals surface area contributed by atoms with E-state index in [0.29, 0.717) is 40.3 Å². The van der Waals surface area contributed by atoms with Crippen molar-refractivity contribution in [3.05, 3.63) is 84.3 Å². The molecular weight excluding hydrogens is 491 g/mol. The Morgan fingerprint density at radius 1 is 0.947 bits per heavy atom. The molecule has 4 aromatic rings. The van der Waals surface area contributed by atoms with Gasteiger partial charge >= 0.3 is 12.1 Å². The lowest BCUT2D eigenvalue weighted by Crippen LogP contribution is -2.42. The standard InChI is InChI=1S/C28H25FN4O5/c1-36-25-15-20-22(16-26(25)37-2)30-11-10-23(20)38-24-9-8-18(14-21(24)29)17-31-27(34)33-13-12-32(28(33)35)19-6-4-3-5-7-19/h3-11,14-16H,12-13,17H2,1-2H3,(H,31,34). The van der Waals surface area contributed by atoms with E-state index in [4.69, 9.17) is 14.2 Å². The van der Waals surface area contributed by atoms with Crippen molar-refractivity contribution in [1.82, 2.24) is 15.2 Å². The highest BCUT2D eigenvalue weighted by molar-refractivity contribution is 6.04. The van der Waals surface area contributed by atoms with Crippen molar-refractivity contribution in [3.63, 3.8) is 0 Å². The minimum atomic E-state index is -0.602. The first kappa shape index (κ1) is 24.8. The monoisotopic (exact) mass is 516 g/mol. The van der Waals surface area contributed by atoms with Crippen LogP contribution in [0.25, 0.3) is 10.9 Å². The number of rotatable bonds is 7.